The smallest absolute Gasteiger partial charge is 0.397 e. The molecule has 0 amide bonds. The van der Waals surface area contributed by atoms with Crippen molar-refractivity contribution in [1.29, 1.82) is 0 Å². The van der Waals surface area contributed by atoms with E-state index in [1.807, 2.05) is 0 Å². The SMILES string of the molecule is CCCCCCCC/C=C\CCCCCCCCCCCC(=O)OC(COCCCCCCCCCC/C=C\CCCCCCCC)COC1OC(CO)C(O)C(OS(=O)(=O)O)C1O. The summed E-state index contributed by atoms with van der Waals surface area (Å²) in [5.74, 6) is -0.399. The zero-order valence-electron chi connectivity index (χ0n) is 40.6. The number of aliphatic hydroxyl groups is 3. The van der Waals surface area contributed by atoms with Gasteiger partial charge in [-0.05, 0) is 64.2 Å². The first-order valence-electron chi connectivity index (χ1n) is 26.1. The summed E-state index contributed by atoms with van der Waals surface area (Å²) in [5, 5.41) is 30.8. The number of rotatable bonds is 46. The fraction of sp³-hybridized carbons (Fsp3) is 0.902. The Bertz CT molecular complexity index is 1210. The van der Waals surface area contributed by atoms with Crippen molar-refractivity contribution >= 4 is 16.4 Å². The summed E-state index contributed by atoms with van der Waals surface area (Å²) in [5.41, 5.74) is 0. The van der Waals surface area contributed by atoms with Gasteiger partial charge in [0, 0.05) is 13.0 Å². The van der Waals surface area contributed by atoms with Gasteiger partial charge >= 0.3 is 16.4 Å². The van der Waals surface area contributed by atoms with Crippen LogP contribution in [-0.2, 0) is 38.3 Å². The van der Waals surface area contributed by atoms with E-state index in [1.54, 1.807) is 0 Å². The van der Waals surface area contributed by atoms with Gasteiger partial charge in [0.1, 0.15) is 30.5 Å². The summed E-state index contributed by atoms with van der Waals surface area (Å²) >= 11 is 0. The molecule has 1 heterocycles. The van der Waals surface area contributed by atoms with Crippen molar-refractivity contribution in [2.24, 2.45) is 0 Å². The molecule has 0 aromatic rings. The monoisotopic (exact) mass is 933 g/mol. The first-order chi connectivity index (χ1) is 31.1. The second kappa shape index (κ2) is 42.9. The molecule has 0 spiro atoms. The van der Waals surface area contributed by atoms with Crippen LogP contribution in [0.2, 0.25) is 0 Å². The molecule has 13 heteroatoms. The van der Waals surface area contributed by atoms with Gasteiger partial charge in [-0.15, -0.1) is 0 Å². The van der Waals surface area contributed by atoms with E-state index in [-0.39, 0.29) is 19.6 Å². The van der Waals surface area contributed by atoms with Gasteiger partial charge in [0.2, 0.25) is 0 Å². The molecular weight excluding hydrogens is 837 g/mol. The zero-order valence-corrected chi connectivity index (χ0v) is 41.4. The Kier molecular flexibility index (Phi) is 40.6. The van der Waals surface area contributed by atoms with E-state index in [9.17, 15) is 33.1 Å². The molecule has 4 N–H and O–H groups in total. The molecular formula is C51H96O12S. The number of unbranched alkanes of at least 4 members (excludes halogenated alkanes) is 29. The molecule has 12 nitrogen and oxygen atoms in total. The molecule has 0 aromatic heterocycles. The summed E-state index contributed by atoms with van der Waals surface area (Å²) < 4.78 is 59.3. The standard InChI is InChI=1S/C51H96O12S/c1-3-5-7-9-11-13-15-17-19-21-23-24-26-28-30-32-34-36-38-40-47(53)61-45(44-60-51-49(55)50(63-64(56,57)58)48(54)46(42-52)62-51)43-59-41-39-37-35-33-31-29-27-25-22-20-18-16-14-12-10-8-6-4-2/h17-20,45-46,48-52,54-55H,3-16,21-44H2,1-2H3,(H,56,57,58)/b19-17-,20-18-. The summed E-state index contributed by atoms with van der Waals surface area (Å²) in [6.07, 6.45) is 40.6. The molecule has 0 bridgehead atoms. The van der Waals surface area contributed by atoms with Crippen LogP contribution in [0.15, 0.2) is 24.3 Å². The van der Waals surface area contributed by atoms with E-state index in [2.05, 4.69) is 42.3 Å². The number of hydrogen-bond acceptors (Lipinski definition) is 11. The van der Waals surface area contributed by atoms with Crippen molar-refractivity contribution in [2.75, 3.05) is 26.4 Å². The average Bonchev–Trinajstić information content (AvgIpc) is 3.27. The van der Waals surface area contributed by atoms with E-state index in [1.165, 1.54) is 167 Å². The van der Waals surface area contributed by atoms with E-state index in [4.69, 9.17) is 18.9 Å². The molecule has 0 aromatic carbocycles. The largest absolute Gasteiger partial charge is 0.457 e. The van der Waals surface area contributed by atoms with Gasteiger partial charge in [0.15, 0.2) is 6.29 Å². The lowest BCUT2D eigenvalue weighted by Crippen LogP contribution is -2.60. The quantitative estimate of drug-likeness (QED) is 0.0197. The van der Waals surface area contributed by atoms with Crippen LogP contribution in [0.5, 0.6) is 0 Å². The number of esters is 1. The number of hydrogen-bond donors (Lipinski definition) is 4. The summed E-state index contributed by atoms with van der Waals surface area (Å²) in [7, 11) is -5.06. The van der Waals surface area contributed by atoms with E-state index < -0.39 is 59.8 Å². The van der Waals surface area contributed by atoms with Gasteiger partial charge in [-0.1, -0.05) is 186 Å². The van der Waals surface area contributed by atoms with Crippen LogP contribution in [0, 0.1) is 0 Å². The lowest BCUT2D eigenvalue weighted by atomic mass is 9.99. The lowest BCUT2D eigenvalue weighted by Gasteiger charge is -2.41. The van der Waals surface area contributed by atoms with E-state index >= 15 is 0 Å². The van der Waals surface area contributed by atoms with Crippen LogP contribution in [0.25, 0.3) is 0 Å². The Morgan fingerprint density at radius 2 is 0.984 bits per heavy atom. The third kappa shape index (κ3) is 35.7. The molecule has 6 atom stereocenters. The number of ether oxygens (including phenoxy) is 4. The van der Waals surface area contributed by atoms with Crippen molar-refractivity contribution in [2.45, 2.75) is 269 Å². The second-order valence-electron chi connectivity index (χ2n) is 18.1. The Morgan fingerprint density at radius 3 is 1.41 bits per heavy atom. The first kappa shape index (κ1) is 60.6. The summed E-state index contributed by atoms with van der Waals surface area (Å²) in [6, 6.07) is 0. The van der Waals surface area contributed by atoms with Gasteiger partial charge < -0.3 is 34.3 Å². The molecule has 378 valence electrons. The van der Waals surface area contributed by atoms with Gasteiger partial charge in [0.05, 0.1) is 19.8 Å². The number of allylic oxidation sites excluding steroid dienone is 4. The predicted molar refractivity (Wildman–Crippen MR) is 257 cm³/mol. The Morgan fingerprint density at radius 1 is 0.578 bits per heavy atom. The number of aliphatic hydroxyl groups excluding tert-OH is 3. The Hall–Kier alpha value is -1.42. The van der Waals surface area contributed by atoms with Crippen LogP contribution >= 0.6 is 0 Å². The maximum absolute atomic E-state index is 12.9. The first-order valence-corrected chi connectivity index (χ1v) is 27.5. The van der Waals surface area contributed by atoms with Crippen LogP contribution < -0.4 is 0 Å². The highest BCUT2D eigenvalue weighted by molar-refractivity contribution is 7.80. The van der Waals surface area contributed by atoms with Crippen LogP contribution in [0.4, 0.5) is 0 Å². The normalized spacial score (nSPS) is 19.9. The summed E-state index contributed by atoms with van der Waals surface area (Å²) in [4.78, 5) is 12.9. The van der Waals surface area contributed by atoms with Crippen molar-refractivity contribution in [3.8, 4) is 0 Å². The fourth-order valence-electron chi connectivity index (χ4n) is 8.08. The minimum atomic E-state index is -5.06. The highest BCUT2D eigenvalue weighted by Gasteiger charge is 2.48. The molecule has 1 rings (SSSR count). The van der Waals surface area contributed by atoms with Crippen molar-refractivity contribution in [1.82, 2.24) is 0 Å². The number of carbonyl (C=O) groups is 1. The molecule has 0 saturated carbocycles. The molecule has 0 radical (unpaired) electrons. The molecule has 1 aliphatic rings. The Labute approximate surface area is 391 Å². The second-order valence-corrected chi connectivity index (χ2v) is 19.2. The molecule has 1 aliphatic heterocycles. The van der Waals surface area contributed by atoms with Gasteiger partial charge in [-0.2, -0.15) is 8.42 Å². The van der Waals surface area contributed by atoms with E-state index in [0.717, 1.165) is 38.5 Å². The highest BCUT2D eigenvalue weighted by Crippen LogP contribution is 2.26. The maximum Gasteiger partial charge on any atom is 0.397 e. The van der Waals surface area contributed by atoms with Crippen molar-refractivity contribution in [3.05, 3.63) is 24.3 Å². The summed E-state index contributed by atoms with van der Waals surface area (Å²) in [6.45, 7) is 4.01. The van der Waals surface area contributed by atoms with Gasteiger partial charge in [0.25, 0.3) is 0 Å². The van der Waals surface area contributed by atoms with Gasteiger partial charge in [-0.3, -0.25) is 9.35 Å². The third-order valence-corrected chi connectivity index (χ3v) is 12.5. The average molecular weight is 933 g/mol. The van der Waals surface area contributed by atoms with Crippen LogP contribution in [0.3, 0.4) is 0 Å². The maximum atomic E-state index is 12.9. The molecule has 1 saturated heterocycles. The Balaban J connectivity index is 2.36. The highest BCUT2D eigenvalue weighted by atomic mass is 32.3. The predicted octanol–water partition coefficient (Wildman–Crippen LogP) is 12.0. The minimum Gasteiger partial charge on any atom is -0.457 e. The molecule has 6 unspecified atom stereocenters. The minimum absolute atomic E-state index is 0.0362. The third-order valence-electron chi connectivity index (χ3n) is 12.0. The topological polar surface area (TPSA) is 178 Å². The van der Waals surface area contributed by atoms with Crippen molar-refractivity contribution in [3.63, 3.8) is 0 Å². The fourth-order valence-corrected chi connectivity index (χ4v) is 8.58. The lowest BCUT2D eigenvalue weighted by molar-refractivity contribution is -0.301. The van der Waals surface area contributed by atoms with Crippen LogP contribution in [0.1, 0.15) is 232 Å². The number of carbonyl (C=O) groups excluding carboxylic acids is 1. The molecule has 0 aliphatic carbocycles. The molecule has 1 fully saturated rings. The molecule has 64 heavy (non-hydrogen) atoms. The zero-order chi connectivity index (χ0) is 46.8. The van der Waals surface area contributed by atoms with E-state index in [0.29, 0.717) is 13.0 Å². The van der Waals surface area contributed by atoms with Gasteiger partial charge in [-0.25, -0.2) is 4.18 Å². The van der Waals surface area contributed by atoms with Crippen LogP contribution in [-0.4, -0.2) is 97.5 Å². The van der Waals surface area contributed by atoms with Crippen molar-refractivity contribution < 1.29 is 56.2 Å².